The lowest BCUT2D eigenvalue weighted by Crippen LogP contribution is -2.60. The fourth-order valence-electron chi connectivity index (χ4n) is 9.36. The normalized spacial score (nSPS) is 49.3. The molecule has 0 spiro atoms. The molecule has 184 valence electrons. The van der Waals surface area contributed by atoms with E-state index in [1.54, 1.807) is 0 Å². The average molecular weight is 467 g/mol. The summed E-state index contributed by atoms with van der Waals surface area (Å²) >= 11 is 0. The van der Waals surface area contributed by atoms with Gasteiger partial charge in [-0.15, -0.1) is 0 Å². The van der Waals surface area contributed by atoms with Crippen molar-refractivity contribution < 1.29 is 32.6 Å². The van der Waals surface area contributed by atoms with E-state index in [-0.39, 0.29) is 30.0 Å². The molecule has 5 unspecified atom stereocenters. The summed E-state index contributed by atoms with van der Waals surface area (Å²) in [6.07, 6.45) is 9.38. The van der Waals surface area contributed by atoms with Crippen LogP contribution in [0.1, 0.15) is 78.1 Å². The van der Waals surface area contributed by atoms with Gasteiger partial charge in [-0.25, -0.2) is 9.59 Å². The molecule has 0 aromatic heterocycles. The van der Waals surface area contributed by atoms with E-state index in [4.69, 9.17) is 14.2 Å². The van der Waals surface area contributed by atoms with Gasteiger partial charge < -0.3 is 14.2 Å². The lowest BCUT2D eigenvalue weighted by Gasteiger charge is -2.60. The van der Waals surface area contributed by atoms with E-state index in [1.165, 1.54) is 19.3 Å². The highest BCUT2D eigenvalue weighted by atomic mass is 19.3. The van der Waals surface area contributed by atoms with Crippen LogP contribution in [0.4, 0.5) is 8.78 Å². The number of rotatable bonds is 6. The van der Waals surface area contributed by atoms with Crippen molar-refractivity contribution in [2.75, 3.05) is 6.61 Å². The molecular weight excluding hydrogens is 430 g/mol. The molecule has 8 fully saturated rings. The van der Waals surface area contributed by atoms with Crippen LogP contribution in [0.2, 0.25) is 0 Å². The summed E-state index contributed by atoms with van der Waals surface area (Å²) < 4.78 is 44.6. The summed E-state index contributed by atoms with van der Waals surface area (Å²) in [5, 5.41) is 0. The number of esters is 2. The maximum atomic E-state index is 13.4. The molecule has 0 saturated heterocycles. The Morgan fingerprint density at radius 2 is 1.45 bits per heavy atom. The minimum absolute atomic E-state index is 0.0294. The maximum absolute atomic E-state index is 13.4. The minimum Gasteiger partial charge on any atom is -0.457 e. The molecule has 0 amide bonds. The van der Waals surface area contributed by atoms with Crippen molar-refractivity contribution >= 4 is 11.9 Å². The summed E-state index contributed by atoms with van der Waals surface area (Å²) in [7, 11) is 0. The molecule has 0 aliphatic heterocycles. The topological polar surface area (TPSA) is 61.8 Å². The molecule has 8 aliphatic rings. The second kappa shape index (κ2) is 7.38. The van der Waals surface area contributed by atoms with Crippen LogP contribution in [0.5, 0.6) is 0 Å². The Morgan fingerprint density at radius 3 is 2.06 bits per heavy atom. The third-order valence-corrected chi connectivity index (χ3v) is 10.3. The molecule has 8 aliphatic carbocycles. The van der Waals surface area contributed by atoms with Crippen LogP contribution in [-0.4, -0.2) is 41.8 Å². The summed E-state index contributed by atoms with van der Waals surface area (Å²) in [4.78, 5) is 24.8. The second-order valence-corrected chi connectivity index (χ2v) is 12.6. The Balaban J connectivity index is 1.09. The largest absolute Gasteiger partial charge is 0.457 e. The lowest BCUT2D eigenvalue weighted by atomic mass is 9.50. The van der Waals surface area contributed by atoms with Crippen LogP contribution in [0.3, 0.4) is 0 Å². The SMILES string of the molecule is CC1C2CC3CC(C2)CC1(OC(=O)COC12CC4CC(C1)C(OC(=O)C(C)(F)F)C(C4)C2)C3. The van der Waals surface area contributed by atoms with E-state index in [9.17, 15) is 18.4 Å². The van der Waals surface area contributed by atoms with Crippen molar-refractivity contribution in [3.05, 3.63) is 0 Å². The number of halogens is 2. The van der Waals surface area contributed by atoms with Gasteiger partial charge in [0.1, 0.15) is 18.3 Å². The summed E-state index contributed by atoms with van der Waals surface area (Å²) in [6, 6.07) is 0. The zero-order valence-electron chi connectivity index (χ0n) is 19.7. The van der Waals surface area contributed by atoms with Crippen molar-refractivity contribution in [3.63, 3.8) is 0 Å². The van der Waals surface area contributed by atoms with E-state index in [0.29, 0.717) is 49.4 Å². The quantitative estimate of drug-likeness (QED) is 0.521. The van der Waals surface area contributed by atoms with Gasteiger partial charge in [0.25, 0.3) is 0 Å². The van der Waals surface area contributed by atoms with Crippen molar-refractivity contribution in [2.45, 2.75) is 101 Å². The van der Waals surface area contributed by atoms with Crippen LogP contribution in [-0.2, 0) is 23.8 Å². The Morgan fingerprint density at radius 1 is 0.879 bits per heavy atom. The van der Waals surface area contributed by atoms with Gasteiger partial charge in [0.2, 0.25) is 0 Å². The lowest BCUT2D eigenvalue weighted by molar-refractivity contribution is -0.233. The molecule has 5 nitrogen and oxygen atoms in total. The first-order valence-electron chi connectivity index (χ1n) is 13.0. The van der Waals surface area contributed by atoms with Crippen LogP contribution >= 0.6 is 0 Å². The van der Waals surface area contributed by atoms with Gasteiger partial charge in [0.15, 0.2) is 0 Å². The van der Waals surface area contributed by atoms with Gasteiger partial charge >= 0.3 is 17.9 Å². The van der Waals surface area contributed by atoms with Crippen LogP contribution < -0.4 is 0 Å². The maximum Gasteiger partial charge on any atom is 0.376 e. The predicted octanol–water partition coefficient (Wildman–Crippen LogP) is 4.91. The number of alkyl halides is 2. The summed E-state index contributed by atoms with van der Waals surface area (Å²) in [6.45, 7) is 2.81. The van der Waals surface area contributed by atoms with E-state index in [1.807, 2.05) is 0 Å². The van der Waals surface area contributed by atoms with Gasteiger partial charge in [0, 0.05) is 6.92 Å². The zero-order valence-corrected chi connectivity index (χ0v) is 19.7. The van der Waals surface area contributed by atoms with Gasteiger partial charge in [0.05, 0.1) is 5.60 Å². The standard InChI is InChI=1S/C26H36F2O5/c1-14-18-4-15-3-16(5-18)10-26(14,9-15)33-21(29)13-31-25-8-17-6-19(11-25)22(20(7-17)12-25)32-23(30)24(2,27)28/h14-20,22H,3-13H2,1-2H3. The fourth-order valence-corrected chi connectivity index (χ4v) is 9.36. The molecule has 5 atom stereocenters. The molecule has 8 rings (SSSR count). The molecule has 0 aromatic rings. The average Bonchev–Trinajstić information content (AvgIpc) is 2.71. The molecule has 33 heavy (non-hydrogen) atoms. The van der Waals surface area contributed by atoms with Gasteiger partial charge in [-0.2, -0.15) is 8.78 Å². The minimum atomic E-state index is -3.47. The fraction of sp³-hybridized carbons (Fsp3) is 0.923. The first-order chi connectivity index (χ1) is 15.5. The number of ether oxygens (including phenoxy) is 3. The van der Waals surface area contributed by atoms with Crippen molar-refractivity contribution in [2.24, 2.45) is 41.4 Å². The first-order valence-corrected chi connectivity index (χ1v) is 13.0. The van der Waals surface area contributed by atoms with Crippen LogP contribution in [0.15, 0.2) is 0 Å². The molecule has 0 N–H and O–H groups in total. The van der Waals surface area contributed by atoms with Crippen LogP contribution in [0.25, 0.3) is 0 Å². The highest BCUT2D eigenvalue weighted by molar-refractivity contribution is 5.77. The van der Waals surface area contributed by atoms with Gasteiger partial charge in [-0.3, -0.25) is 0 Å². The highest BCUT2D eigenvalue weighted by Gasteiger charge is 2.60. The number of hydrogen-bond acceptors (Lipinski definition) is 5. The Kier molecular flexibility index (Phi) is 4.97. The Hall–Kier alpha value is -1.24. The smallest absolute Gasteiger partial charge is 0.376 e. The molecule has 7 heteroatoms. The van der Waals surface area contributed by atoms with Gasteiger partial charge in [-0.1, -0.05) is 6.92 Å². The number of carbonyl (C=O) groups is 2. The van der Waals surface area contributed by atoms with E-state index in [2.05, 4.69) is 6.92 Å². The van der Waals surface area contributed by atoms with Crippen LogP contribution in [0, 0.1) is 41.4 Å². The monoisotopic (exact) mass is 466 g/mol. The molecule has 0 heterocycles. The molecule has 8 saturated carbocycles. The number of hydrogen-bond donors (Lipinski definition) is 0. The molecular formula is C26H36F2O5. The molecule has 8 bridgehead atoms. The van der Waals surface area contributed by atoms with E-state index in [0.717, 1.165) is 32.1 Å². The Labute approximate surface area is 194 Å². The van der Waals surface area contributed by atoms with E-state index < -0.39 is 23.6 Å². The molecule has 0 radical (unpaired) electrons. The number of carbonyl (C=O) groups excluding carboxylic acids is 2. The summed E-state index contributed by atoms with van der Waals surface area (Å²) in [5.41, 5.74) is -0.721. The van der Waals surface area contributed by atoms with Gasteiger partial charge in [-0.05, 0) is 106 Å². The van der Waals surface area contributed by atoms with Crippen molar-refractivity contribution in [1.82, 2.24) is 0 Å². The second-order valence-electron chi connectivity index (χ2n) is 12.6. The van der Waals surface area contributed by atoms with Crippen molar-refractivity contribution in [1.29, 1.82) is 0 Å². The van der Waals surface area contributed by atoms with E-state index >= 15 is 0 Å². The third-order valence-electron chi connectivity index (χ3n) is 10.3. The van der Waals surface area contributed by atoms with Crippen molar-refractivity contribution in [3.8, 4) is 0 Å². The first kappa shape index (κ1) is 22.2. The Bertz CT molecular complexity index is 807. The zero-order chi connectivity index (χ0) is 23.2. The highest BCUT2D eigenvalue weighted by Crippen LogP contribution is 2.60. The molecule has 0 aromatic carbocycles. The summed E-state index contributed by atoms with van der Waals surface area (Å²) in [5.74, 6) is -2.15. The predicted molar refractivity (Wildman–Crippen MR) is 114 cm³/mol. The third kappa shape index (κ3) is 3.71.